The second kappa shape index (κ2) is 6.27. The fraction of sp³-hybridized carbons (Fsp3) is 0.571. The molecule has 0 heterocycles. The first-order valence-electron chi connectivity index (χ1n) is 6.48. The number of nitrogens with two attached hydrogens (primary N) is 1. The van der Waals surface area contributed by atoms with Crippen molar-refractivity contribution in [1.29, 1.82) is 0 Å². The standard InChI is InChI=1S/C14H20ClNO/c1-11-6-7-14(13(15)10-11)17-9-8-16-12-4-2-3-5-12/h6-7,10,12,16H,2-5,8-9H2,1H3/p+1. The Balaban J connectivity index is 1.70. The molecule has 2 N–H and O–H groups in total. The molecule has 94 valence electrons. The quantitative estimate of drug-likeness (QED) is 0.803. The molecule has 0 aliphatic heterocycles. The van der Waals surface area contributed by atoms with Crippen LogP contribution in [0.3, 0.4) is 0 Å². The minimum absolute atomic E-state index is 0.714. The summed E-state index contributed by atoms with van der Waals surface area (Å²) in [6.45, 7) is 3.79. The minimum atomic E-state index is 0.714. The normalized spacial score (nSPS) is 16.4. The number of hydrogen-bond acceptors (Lipinski definition) is 1. The second-order valence-corrected chi connectivity index (χ2v) is 5.26. The highest BCUT2D eigenvalue weighted by molar-refractivity contribution is 6.32. The van der Waals surface area contributed by atoms with E-state index in [1.165, 1.54) is 31.2 Å². The van der Waals surface area contributed by atoms with Gasteiger partial charge in [0.15, 0.2) is 0 Å². The molecular formula is C14H21ClNO+. The Kier molecular flexibility index (Phi) is 4.69. The molecule has 1 aliphatic carbocycles. The van der Waals surface area contributed by atoms with Crippen molar-refractivity contribution < 1.29 is 10.1 Å². The molecule has 1 fully saturated rings. The topological polar surface area (TPSA) is 25.8 Å². The predicted octanol–water partition coefficient (Wildman–Crippen LogP) is 2.53. The van der Waals surface area contributed by atoms with Crippen LogP contribution in [0.5, 0.6) is 5.75 Å². The summed E-state index contributed by atoms with van der Waals surface area (Å²) in [5.41, 5.74) is 1.17. The molecule has 0 aromatic heterocycles. The molecular weight excluding hydrogens is 234 g/mol. The van der Waals surface area contributed by atoms with Crippen LogP contribution in [-0.2, 0) is 0 Å². The lowest BCUT2D eigenvalue weighted by Crippen LogP contribution is -2.90. The van der Waals surface area contributed by atoms with Crippen LogP contribution in [0.4, 0.5) is 0 Å². The van der Waals surface area contributed by atoms with Crippen LogP contribution in [0.25, 0.3) is 0 Å². The molecule has 0 radical (unpaired) electrons. The van der Waals surface area contributed by atoms with Gasteiger partial charge in [0.1, 0.15) is 18.9 Å². The molecule has 0 unspecified atom stereocenters. The highest BCUT2D eigenvalue weighted by Crippen LogP contribution is 2.24. The van der Waals surface area contributed by atoms with Crippen molar-refractivity contribution in [3.05, 3.63) is 28.8 Å². The van der Waals surface area contributed by atoms with Crippen LogP contribution >= 0.6 is 11.6 Å². The predicted molar refractivity (Wildman–Crippen MR) is 70.7 cm³/mol. The van der Waals surface area contributed by atoms with Crippen LogP contribution in [0.2, 0.25) is 5.02 Å². The van der Waals surface area contributed by atoms with E-state index in [0.717, 1.165) is 24.9 Å². The van der Waals surface area contributed by atoms with Crippen molar-refractivity contribution in [3.63, 3.8) is 0 Å². The largest absolute Gasteiger partial charge is 0.486 e. The van der Waals surface area contributed by atoms with Crippen molar-refractivity contribution in [1.82, 2.24) is 0 Å². The maximum atomic E-state index is 6.10. The van der Waals surface area contributed by atoms with E-state index in [1.54, 1.807) is 0 Å². The molecule has 0 spiro atoms. The molecule has 1 aliphatic rings. The van der Waals surface area contributed by atoms with Gasteiger partial charge in [-0.1, -0.05) is 17.7 Å². The molecule has 1 aromatic carbocycles. The fourth-order valence-electron chi connectivity index (χ4n) is 2.39. The molecule has 1 saturated carbocycles. The number of rotatable bonds is 5. The Labute approximate surface area is 108 Å². The number of benzene rings is 1. The first-order chi connectivity index (χ1) is 8.25. The number of halogens is 1. The molecule has 0 amide bonds. The lowest BCUT2D eigenvalue weighted by atomic mass is 10.2. The molecule has 3 heteroatoms. The summed E-state index contributed by atoms with van der Waals surface area (Å²) in [7, 11) is 0. The molecule has 2 rings (SSSR count). The number of aryl methyl sites for hydroxylation is 1. The Morgan fingerprint density at radius 1 is 1.35 bits per heavy atom. The molecule has 0 bridgehead atoms. The third-order valence-electron chi connectivity index (χ3n) is 3.36. The zero-order valence-corrected chi connectivity index (χ0v) is 11.2. The SMILES string of the molecule is Cc1ccc(OCC[NH2+]C2CCCC2)c(Cl)c1. The average molecular weight is 255 g/mol. The summed E-state index contributed by atoms with van der Waals surface area (Å²) < 4.78 is 5.69. The first kappa shape index (κ1) is 12.7. The van der Waals surface area contributed by atoms with E-state index in [4.69, 9.17) is 16.3 Å². The van der Waals surface area contributed by atoms with Gasteiger partial charge in [-0.05, 0) is 50.3 Å². The van der Waals surface area contributed by atoms with Crippen molar-refractivity contribution in [2.75, 3.05) is 13.2 Å². The van der Waals surface area contributed by atoms with Crippen LogP contribution in [0.15, 0.2) is 18.2 Å². The minimum Gasteiger partial charge on any atom is -0.486 e. The molecule has 1 aromatic rings. The number of quaternary nitrogens is 1. The van der Waals surface area contributed by atoms with Gasteiger partial charge in [0.2, 0.25) is 0 Å². The van der Waals surface area contributed by atoms with Crippen LogP contribution in [0, 0.1) is 6.92 Å². The Hall–Kier alpha value is -0.730. The maximum absolute atomic E-state index is 6.10. The smallest absolute Gasteiger partial charge is 0.138 e. The maximum Gasteiger partial charge on any atom is 0.138 e. The van der Waals surface area contributed by atoms with Crippen molar-refractivity contribution in [2.45, 2.75) is 38.6 Å². The van der Waals surface area contributed by atoms with Gasteiger partial charge in [0.05, 0.1) is 11.1 Å². The summed E-state index contributed by atoms with van der Waals surface area (Å²) in [6, 6.07) is 6.75. The van der Waals surface area contributed by atoms with E-state index in [9.17, 15) is 0 Å². The van der Waals surface area contributed by atoms with Gasteiger partial charge in [-0.2, -0.15) is 0 Å². The lowest BCUT2D eigenvalue weighted by molar-refractivity contribution is -0.688. The van der Waals surface area contributed by atoms with E-state index in [-0.39, 0.29) is 0 Å². The molecule has 2 nitrogen and oxygen atoms in total. The summed E-state index contributed by atoms with van der Waals surface area (Å²) >= 11 is 6.10. The highest BCUT2D eigenvalue weighted by Gasteiger charge is 2.16. The first-order valence-corrected chi connectivity index (χ1v) is 6.86. The summed E-state index contributed by atoms with van der Waals surface area (Å²) in [5, 5.41) is 3.13. The van der Waals surface area contributed by atoms with Crippen LogP contribution in [-0.4, -0.2) is 19.2 Å². The van der Waals surface area contributed by atoms with Gasteiger partial charge in [-0.25, -0.2) is 0 Å². The van der Waals surface area contributed by atoms with E-state index in [0.29, 0.717) is 5.02 Å². The van der Waals surface area contributed by atoms with E-state index >= 15 is 0 Å². The van der Waals surface area contributed by atoms with Gasteiger partial charge in [-0.3, -0.25) is 0 Å². The molecule has 0 saturated heterocycles. The molecule has 17 heavy (non-hydrogen) atoms. The van der Waals surface area contributed by atoms with E-state index < -0.39 is 0 Å². The average Bonchev–Trinajstić information content (AvgIpc) is 2.79. The van der Waals surface area contributed by atoms with Crippen LogP contribution in [0.1, 0.15) is 31.2 Å². The number of ether oxygens (including phenoxy) is 1. The van der Waals surface area contributed by atoms with E-state index in [2.05, 4.69) is 5.32 Å². The summed E-state index contributed by atoms with van der Waals surface area (Å²) in [4.78, 5) is 0. The second-order valence-electron chi connectivity index (χ2n) is 4.85. The van der Waals surface area contributed by atoms with E-state index in [1.807, 2.05) is 25.1 Å². The van der Waals surface area contributed by atoms with Gasteiger partial charge in [-0.15, -0.1) is 0 Å². The highest BCUT2D eigenvalue weighted by atomic mass is 35.5. The van der Waals surface area contributed by atoms with Crippen molar-refractivity contribution in [3.8, 4) is 5.75 Å². The van der Waals surface area contributed by atoms with Gasteiger partial charge in [0.25, 0.3) is 0 Å². The fourth-order valence-corrected chi connectivity index (χ4v) is 2.68. The zero-order valence-electron chi connectivity index (χ0n) is 10.4. The van der Waals surface area contributed by atoms with Gasteiger partial charge in [0, 0.05) is 0 Å². The zero-order chi connectivity index (χ0) is 12.1. The summed E-state index contributed by atoms with van der Waals surface area (Å²) in [5.74, 6) is 0.803. The third-order valence-corrected chi connectivity index (χ3v) is 3.66. The van der Waals surface area contributed by atoms with Crippen LogP contribution < -0.4 is 10.1 Å². The Bertz CT molecular complexity index is 361. The molecule has 0 atom stereocenters. The monoisotopic (exact) mass is 254 g/mol. The third kappa shape index (κ3) is 3.90. The van der Waals surface area contributed by atoms with Gasteiger partial charge < -0.3 is 10.1 Å². The number of hydrogen-bond donors (Lipinski definition) is 1. The van der Waals surface area contributed by atoms with Crippen molar-refractivity contribution >= 4 is 11.6 Å². The van der Waals surface area contributed by atoms with Gasteiger partial charge >= 0.3 is 0 Å². The Morgan fingerprint density at radius 3 is 2.82 bits per heavy atom. The van der Waals surface area contributed by atoms with Crippen molar-refractivity contribution in [2.24, 2.45) is 0 Å². The Morgan fingerprint density at radius 2 is 2.12 bits per heavy atom. The lowest BCUT2D eigenvalue weighted by Gasteiger charge is -2.10. The summed E-state index contributed by atoms with van der Waals surface area (Å²) in [6.07, 6.45) is 5.52.